The number of carbonyl (C=O) groups excluding carboxylic acids is 1. The molecule has 1 amide bonds. The third-order valence-corrected chi connectivity index (χ3v) is 2.59. The highest BCUT2D eigenvalue weighted by Gasteiger charge is 2.43. The van der Waals surface area contributed by atoms with Crippen molar-refractivity contribution in [3.8, 4) is 0 Å². The Morgan fingerprint density at radius 2 is 2.12 bits per heavy atom. The summed E-state index contributed by atoms with van der Waals surface area (Å²) in [6.45, 7) is 0.829. The van der Waals surface area contributed by atoms with Crippen molar-refractivity contribution in [3.63, 3.8) is 0 Å². The van der Waals surface area contributed by atoms with Gasteiger partial charge in [0, 0.05) is 20.2 Å². The maximum atomic E-state index is 10.7. The summed E-state index contributed by atoms with van der Waals surface area (Å²) in [5, 5.41) is 28.4. The fourth-order valence-corrected chi connectivity index (χ4v) is 1.67. The Hall–Kier alpha value is -0.860. The molecule has 5 atom stereocenters. The molecule has 0 aromatic rings. The van der Waals surface area contributed by atoms with Gasteiger partial charge in [0.25, 0.3) is 0 Å². The van der Waals surface area contributed by atoms with Crippen LogP contribution in [0.2, 0.25) is 0 Å². The van der Waals surface area contributed by atoms with E-state index in [9.17, 15) is 15.0 Å². The maximum Gasteiger partial charge on any atom is 0.242 e. The third kappa shape index (κ3) is 3.30. The number of nitrogens with zero attached hydrogens (tertiary/aromatic N) is 1. The fraction of sp³-hybridized carbons (Fsp3) is 0.800. The molecule has 7 nitrogen and oxygen atoms in total. The van der Waals surface area contributed by atoms with Crippen molar-refractivity contribution in [2.24, 2.45) is 10.9 Å². The number of carbonyl (C=O) groups is 1. The summed E-state index contributed by atoms with van der Waals surface area (Å²) in [6, 6.07) is 0. The van der Waals surface area contributed by atoms with Crippen LogP contribution < -0.4 is 0 Å². The second kappa shape index (κ2) is 6.18. The summed E-state index contributed by atoms with van der Waals surface area (Å²) in [5.74, 6) is -1.19. The summed E-state index contributed by atoms with van der Waals surface area (Å²) < 4.78 is 10.2. The smallest absolute Gasteiger partial charge is 0.242 e. The van der Waals surface area contributed by atoms with Crippen LogP contribution in [0, 0.1) is 5.92 Å². The largest absolute Gasteiger partial charge is 0.394 e. The average molecular weight is 247 g/mol. The zero-order valence-electron chi connectivity index (χ0n) is 9.68. The molecule has 1 saturated heterocycles. The number of hydrogen-bond acceptors (Lipinski definition) is 6. The number of aliphatic hydroxyl groups excluding tert-OH is 3. The molecular weight excluding hydrogens is 230 g/mol. The summed E-state index contributed by atoms with van der Waals surface area (Å²) >= 11 is 0. The quantitative estimate of drug-likeness (QED) is 0.513. The van der Waals surface area contributed by atoms with Gasteiger partial charge in [0.2, 0.25) is 5.91 Å². The summed E-state index contributed by atoms with van der Waals surface area (Å²) in [7, 11) is 1.36. The third-order valence-electron chi connectivity index (χ3n) is 2.59. The first kappa shape index (κ1) is 14.2. The Morgan fingerprint density at radius 1 is 1.47 bits per heavy atom. The molecule has 0 saturated carbocycles. The predicted molar refractivity (Wildman–Crippen MR) is 57.4 cm³/mol. The molecule has 0 aliphatic carbocycles. The van der Waals surface area contributed by atoms with E-state index < -0.39 is 43.0 Å². The molecule has 0 spiro atoms. The van der Waals surface area contributed by atoms with Gasteiger partial charge < -0.3 is 24.8 Å². The molecule has 0 radical (unpaired) electrons. The Morgan fingerprint density at radius 3 is 2.59 bits per heavy atom. The minimum absolute atomic E-state index is 0.425. The van der Waals surface area contributed by atoms with Gasteiger partial charge in [-0.05, 0) is 0 Å². The van der Waals surface area contributed by atoms with Crippen LogP contribution in [0.4, 0.5) is 0 Å². The van der Waals surface area contributed by atoms with E-state index in [4.69, 9.17) is 14.6 Å². The Labute approximate surface area is 98.7 Å². The van der Waals surface area contributed by atoms with E-state index in [1.54, 1.807) is 0 Å². The number of ether oxygens (including phenoxy) is 2. The van der Waals surface area contributed by atoms with E-state index in [0.29, 0.717) is 0 Å². The van der Waals surface area contributed by atoms with E-state index >= 15 is 0 Å². The number of amides is 1. The highest BCUT2D eigenvalue weighted by molar-refractivity contribution is 5.84. The van der Waals surface area contributed by atoms with Crippen LogP contribution in [0.3, 0.4) is 0 Å². The van der Waals surface area contributed by atoms with Gasteiger partial charge in [-0.15, -0.1) is 0 Å². The van der Waals surface area contributed by atoms with E-state index in [-0.39, 0.29) is 0 Å². The topological polar surface area (TPSA) is 109 Å². The van der Waals surface area contributed by atoms with Crippen LogP contribution in [0.25, 0.3) is 0 Å². The Kier molecular flexibility index (Phi) is 5.16. The minimum atomic E-state index is -1.25. The molecule has 1 aliphatic rings. The van der Waals surface area contributed by atoms with Crippen LogP contribution >= 0.6 is 0 Å². The molecule has 1 heterocycles. The summed E-state index contributed by atoms with van der Waals surface area (Å²) in [6.07, 6.45) is -3.06. The lowest BCUT2D eigenvalue weighted by Crippen LogP contribution is -2.56. The fourth-order valence-electron chi connectivity index (χ4n) is 1.67. The molecule has 0 bridgehead atoms. The zero-order chi connectivity index (χ0) is 13.0. The summed E-state index contributed by atoms with van der Waals surface area (Å²) in [5.41, 5.74) is 0. The molecule has 98 valence electrons. The van der Waals surface area contributed by atoms with Gasteiger partial charge in [-0.3, -0.25) is 4.79 Å². The van der Waals surface area contributed by atoms with Crippen molar-refractivity contribution >= 4 is 12.1 Å². The van der Waals surface area contributed by atoms with Gasteiger partial charge in [0.05, 0.1) is 18.6 Å². The van der Waals surface area contributed by atoms with Gasteiger partial charge in [-0.2, -0.15) is 0 Å². The van der Waals surface area contributed by atoms with Gasteiger partial charge in [0.1, 0.15) is 12.2 Å². The van der Waals surface area contributed by atoms with Gasteiger partial charge in [-0.25, -0.2) is 4.99 Å². The first-order valence-electron chi connectivity index (χ1n) is 5.21. The van der Waals surface area contributed by atoms with Crippen molar-refractivity contribution in [1.29, 1.82) is 0 Å². The normalized spacial score (nSPS) is 38.5. The Balaban J connectivity index is 2.83. The lowest BCUT2D eigenvalue weighted by Gasteiger charge is -2.39. The van der Waals surface area contributed by atoms with Crippen LogP contribution in [0.15, 0.2) is 4.99 Å². The van der Waals surface area contributed by atoms with Crippen LogP contribution in [0.5, 0.6) is 0 Å². The standard InChI is InChI=1S/C10H17NO6/c1-5(13)11-3-6-8(14)9(15)7(4-12)17-10(6)16-2/h3,6-10,12,14-15H,4H2,1-2H3/b11-3+/t6?,7-,8-,9+,10+/m1/s1. The first-order valence-corrected chi connectivity index (χ1v) is 5.21. The lowest BCUT2D eigenvalue weighted by molar-refractivity contribution is -0.263. The molecule has 3 N–H and O–H groups in total. The second-order valence-corrected chi connectivity index (χ2v) is 3.82. The molecule has 1 unspecified atom stereocenters. The van der Waals surface area contributed by atoms with Crippen molar-refractivity contribution in [1.82, 2.24) is 0 Å². The first-order chi connectivity index (χ1) is 8.01. The van der Waals surface area contributed by atoms with Crippen molar-refractivity contribution in [2.45, 2.75) is 31.5 Å². The zero-order valence-corrected chi connectivity index (χ0v) is 9.68. The Bertz CT molecular complexity index is 293. The summed E-state index contributed by atoms with van der Waals surface area (Å²) in [4.78, 5) is 14.3. The van der Waals surface area contributed by atoms with Crippen molar-refractivity contribution < 1.29 is 29.6 Å². The monoisotopic (exact) mass is 247 g/mol. The number of aliphatic imine (C=N–C) groups is 1. The van der Waals surface area contributed by atoms with E-state index in [1.165, 1.54) is 20.2 Å². The van der Waals surface area contributed by atoms with Gasteiger partial charge in [0.15, 0.2) is 6.29 Å². The molecular formula is C10H17NO6. The van der Waals surface area contributed by atoms with Crippen molar-refractivity contribution in [3.05, 3.63) is 0 Å². The van der Waals surface area contributed by atoms with Crippen LogP contribution in [0.1, 0.15) is 6.92 Å². The molecule has 0 aromatic heterocycles. The highest BCUT2D eigenvalue weighted by atomic mass is 16.7. The molecule has 7 heteroatoms. The number of methoxy groups -OCH3 is 1. The van der Waals surface area contributed by atoms with E-state index in [1.807, 2.05) is 0 Å². The molecule has 1 rings (SSSR count). The van der Waals surface area contributed by atoms with Gasteiger partial charge >= 0.3 is 0 Å². The molecule has 0 aromatic carbocycles. The predicted octanol–water partition coefficient (Wildman–Crippen LogP) is -1.69. The molecule has 1 fully saturated rings. The minimum Gasteiger partial charge on any atom is -0.394 e. The average Bonchev–Trinajstić information content (AvgIpc) is 2.30. The van der Waals surface area contributed by atoms with Crippen molar-refractivity contribution in [2.75, 3.05) is 13.7 Å². The lowest BCUT2D eigenvalue weighted by atomic mass is 9.92. The van der Waals surface area contributed by atoms with E-state index in [2.05, 4.69) is 4.99 Å². The highest BCUT2D eigenvalue weighted by Crippen LogP contribution is 2.25. The second-order valence-electron chi connectivity index (χ2n) is 3.82. The van der Waals surface area contributed by atoms with Gasteiger partial charge in [-0.1, -0.05) is 0 Å². The number of aliphatic hydroxyl groups is 3. The molecule has 1 aliphatic heterocycles. The molecule has 17 heavy (non-hydrogen) atoms. The number of rotatable bonds is 3. The van der Waals surface area contributed by atoms with Crippen LogP contribution in [-0.2, 0) is 14.3 Å². The van der Waals surface area contributed by atoms with Crippen LogP contribution in [-0.4, -0.2) is 65.8 Å². The maximum absolute atomic E-state index is 10.7. The SMILES string of the molecule is CO[C@H]1O[C@H](CO)[C@H](O)[C@H](O)C1/C=N/C(C)=O. The van der Waals surface area contributed by atoms with E-state index in [0.717, 1.165) is 0 Å². The number of hydrogen-bond donors (Lipinski definition) is 3.